The quantitative estimate of drug-likeness (QED) is 0.885. The number of hydrogen-bond acceptors (Lipinski definition) is 3. The number of hydrogen-bond donors (Lipinski definition) is 1. The van der Waals surface area contributed by atoms with Crippen molar-refractivity contribution in [2.75, 3.05) is 26.2 Å². The second kappa shape index (κ2) is 8.46. The van der Waals surface area contributed by atoms with Crippen molar-refractivity contribution in [1.29, 1.82) is 0 Å². The van der Waals surface area contributed by atoms with E-state index in [9.17, 15) is 9.90 Å². The average Bonchev–Trinajstić information content (AvgIpc) is 2.74. The molecule has 2 aromatic carbocycles. The predicted octanol–water partition coefficient (Wildman–Crippen LogP) is 3.72. The van der Waals surface area contributed by atoms with Crippen LogP contribution in [-0.2, 0) is 0 Å². The Hall–Kier alpha value is -2.17. The van der Waals surface area contributed by atoms with Crippen molar-refractivity contribution in [2.24, 2.45) is 0 Å². The molecule has 4 rings (SSSR count). The SMILES string of the molecule is Cc1cccc(-c2ccccc2C(=O)N2CCC(N3CCC(O)CC3)CC2)c1. The third kappa shape index (κ3) is 4.13. The standard InChI is InChI=1S/C24H30N2O2/c1-18-5-4-6-19(17-18)22-7-2-3-8-23(22)24(28)26-13-9-20(10-14-26)25-15-11-21(27)12-16-25/h2-8,17,20-21,27H,9-16H2,1H3. The highest BCUT2D eigenvalue weighted by atomic mass is 16.3. The van der Waals surface area contributed by atoms with Gasteiger partial charge in [0.15, 0.2) is 0 Å². The van der Waals surface area contributed by atoms with Gasteiger partial charge in [-0.2, -0.15) is 0 Å². The molecule has 0 radical (unpaired) electrons. The van der Waals surface area contributed by atoms with Crippen LogP contribution in [0.3, 0.4) is 0 Å². The molecule has 2 aliphatic heterocycles. The van der Waals surface area contributed by atoms with Gasteiger partial charge in [0.05, 0.1) is 6.10 Å². The maximum absolute atomic E-state index is 13.3. The third-order valence-electron chi connectivity index (χ3n) is 6.25. The summed E-state index contributed by atoms with van der Waals surface area (Å²) in [6.45, 7) is 5.67. The van der Waals surface area contributed by atoms with E-state index < -0.39 is 0 Å². The largest absolute Gasteiger partial charge is 0.393 e. The summed E-state index contributed by atoms with van der Waals surface area (Å²) in [5.74, 6) is 0.143. The third-order valence-corrected chi connectivity index (χ3v) is 6.25. The van der Waals surface area contributed by atoms with E-state index >= 15 is 0 Å². The Bertz CT molecular complexity index is 819. The van der Waals surface area contributed by atoms with Crippen LogP contribution in [0.15, 0.2) is 48.5 Å². The lowest BCUT2D eigenvalue weighted by atomic mass is 9.95. The predicted molar refractivity (Wildman–Crippen MR) is 112 cm³/mol. The van der Waals surface area contributed by atoms with E-state index in [4.69, 9.17) is 0 Å². The highest BCUT2D eigenvalue weighted by molar-refractivity contribution is 6.01. The monoisotopic (exact) mass is 378 g/mol. The summed E-state index contributed by atoms with van der Waals surface area (Å²) < 4.78 is 0. The Labute approximate surface area is 167 Å². The van der Waals surface area contributed by atoms with Crippen LogP contribution in [0.25, 0.3) is 11.1 Å². The van der Waals surface area contributed by atoms with Crippen LogP contribution in [0.5, 0.6) is 0 Å². The number of amides is 1. The lowest BCUT2D eigenvalue weighted by molar-refractivity contribution is 0.0357. The lowest BCUT2D eigenvalue weighted by Gasteiger charge is -2.41. The van der Waals surface area contributed by atoms with E-state index in [0.29, 0.717) is 6.04 Å². The number of nitrogens with zero attached hydrogens (tertiary/aromatic N) is 2. The molecule has 0 spiro atoms. The molecule has 4 nitrogen and oxygen atoms in total. The molecule has 0 aliphatic carbocycles. The number of piperidine rings is 2. The van der Waals surface area contributed by atoms with Gasteiger partial charge in [0.1, 0.15) is 0 Å². The van der Waals surface area contributed by atoms with Gasteiger partial charge in [-0.25, -0.2) is 0 Å². The number of likely N-dealkylation sites (tertiary alicyclic amines) is 2. The van der Waals surface area contributed by atoms with Crippen LogP contribution in [0, 0.1) is 6.92 Å². The Morgan fingerprint density at radius 2 is 1.64 bits per heavy atom. The number of aryl methyl sites for hydroxylation is 1. The van der Waals surface area contributed by atoms with Gasteiger partial charge in [-0.3, -0.25) is 4.79 Å². The molecule has 2 aromatic rings. The topological polar surface area (TPSA) is 43.8 Å². The summed E-state index contributed by atoms with van der Waals surface area (Å²) in [6.07, 6.45) is 3.67. The first-order chi connectivity index (χ1) is 13.6. The molecule has 0 saturated carbocycles. The maximum Gasteiger partial charge on any atom is 0.254 e. The summed E-state index contributed by atoms with van der Waals surface area (Å²) in [6, 6.07) is 16.9. The zero-order valence-corrected chi connectivity index (χ0v) is 16.7. The summed E-state index contributed by atoms with van der Waals surface area (Å²) >= 11 is 0. The molecule has 2 heterocycles. The van der Waals surface area contributed by atoms with Crippen molar-refractivity contribution < 1.29 is 9.90 Å². The van der Waals surface area contributed by atoms with Gasteiger partial charge < -0.3 is 14.9 Å². The first kappa shape index (κ1) is 19.2. The highest BCUT2D eigenvalue weighted by Crippen LogP contribution is 2.27. The number of aliphatic hydroxyl groups is 1. The number of aliphatic hydroxyl groups excluding tert-OH is 1. The molecule has 1 amide bonds. The minimum Gasteiger partial charge on any atom is -0.393 e. The molecule has 0 unspecified atom stereocenters. The van der Waals surface area contributed by atoms with Crippen molar-refractivity contribution in [3.63, 3.8) is 0 Å². The van der Waals surface area contributed by atoms with Crippen LogP contribution >= 0.6 is 0 Å². The second-order valence-electron chi connectivity index (χ2n) is 8.21. The summed E-state index contributed by atoms with van der Waals surface area (Å²) in [5, 5.41) is 9.72. The van der Waals surface area contributed by atoms with Gasteiger partial charge in [0.2, 0.25) is 0 Å². The van der Waals surface area contributed by atoms with Crippen molar-refractivity contribution in [3.8, 4) is 11.1 Å². The van der Waals surface area contributed by atoms with Crippen LogP contribution in [0.4, 0.5) is 0 Å². The maximum atomic E-state index is 13.3. The van der Waals surface area contributed by atoms with Gasteiger partial charge in [-0.05, 0) is 49.8 Å². The molecule has 0 atom stereocenters. The Kier molecular flexibility index (Phi) is 5.79. The summed E-state index contributed by atoms with van der Waals surface area (Å²) in [4.78, 5) is 17.8. The molecule has 1 N–H and O–H groups in total. The molecule has 2 fully saturated rings. The lowest BCUT2D eigenvalue weighted by Crippen LogP contribution is -2.49. The minimum atomic E-state index is -0.129. The van der Waals surface area contributed by atoms with Crippen molar-refractivity contribution >= 4 is 5.91 Å². The number of rotatable bonds is 3. The van der Waals surface area contributed by atoms with E-state index in [1.54, 1.807) is 0 Å². The summed E-state index contributed by atoms with van der Waals surface area (Å²) in [7, 11) is 0. The van der Waals surface area contributed by atoms with Gasteiger partial charge >= 0.3 is 0 Å². The molecular formula is C24H30N2O2. The fraction of sp³-hybridized carbons (Fsp3) is 0.458. The zero-order valence-electron chi connectivity index (χ0n) is 16.7. The van der Waals surface area contributed by atoms with E-state index in [1.807, 2.05) is 35.2 Å². The molecule has 28 heavy (non-hydrogen) atoms. The van der Waals surface area contributed by atoms with Crippen molar-refractivity contribution in [3.05, 3.63) is 59.7 Å². The van der Waals surface area contributed by atoms with Gasteiger partial charge in [-0.1, -0.05) is 48.0 Å². The molecular weight excluding hydrogens is 348 g/mol. The van der Waals surface area contributed by atoms with Crippen molar-refractivity contribution in [2.45, 2.75) is 44.8 Å². The van der Waals surface area contributed by atoms with Crippen LogP contribution in [0.2, 0.25) is 0 Å². The van der Waals surface area contributed by atoms with Gasteiger partial charge in [0, 0.05) is 37.8 Å². The van der Waals surface area contributed by atoms with E-state index in [0.717, 1.165) is 68.6 Å². The molecule has 148 valence electrons. The fourth-order valence-electron chi connectivity index (χ4n) is 4.59. The first-order valence-electron chi connectivity index (χ1n) is 10.5. The minimum absolute atomic E-state index is 0.129. The fourth-order valence-corrected chi connectivity index (χ4v) is 4.59. The van der Waals surface area contributed by atoms with Crippen LogP contribution in [0.1, 0.15) is 41.6 Å². The molecule has 0 aromatic heterocycles. The molecule has 4 heteroatoms. The van der Waals surface area contributed by atoms with E-state index in [1.165, 1.54) is 5.56 Å². The normalized spacial score (nSPS) is 19.7. The molecule has 2 saturated heterocycles. The second-order valence-corrected chi connectivity index (χ2v) is 8.21. The molecule has 0 bridgehead atoms. The smallest absolute Gasteiger partial charge is 0.254 e. The van der Waals surface area contributed by atoms with Crippen LogP contribution < -0.4 is 0 Å². The average molecular weight is 379 g/mol. The summed E-state index contributed by atoms with van der Waals surface area (Å²) in [5.41, 5.74) is 4.12. The van der Waals surface area contributed by atoms with Crippen molar-refractivity contribution in [1.82, 2.24) is 9.80 Å². The first-order valence-corrected chi connectivity index (χ1v) is 10.5. The molecule has 2 aliphatic rings. The van der Waals surface area contributed by atoms with Crippen LogP contribution in [-0.4, -0.2) is 59.1 Å². The highest BCUT2D eigenvalue weighted by Gasteiger charge is 2.30. The number of carbonyl (C=O) groups is 1. The van der Waals surface area contributed by atoms with E-state index in [2.05, 4.69) is 30.0 Å². The number of benzene rings is 2. The Morgan fingerprint density at radius 1 is 0.929 bits per heavy atom. The van der Waals surface area contributed by atoms with E-state index in [-0.39, 0.29) is 12.0 Å². The van der Waals surface area contributed by atoms with Gasteiger partial charge in [-0.15, -0.1) is 0 Å². The number of carbonyl (C=O) groups excluding carboxylic acids is 1. The van der Waals surface area contributed by atoms with Gasteiger partial charge in [0.25, 0.3) is 5.91 Å². The Balaban J connectivity index is 1.45. The zero-order chi connectivity index (χ0) is 19.5. The Morgan fingerprint density at radius 3 is 2.36 bits per heavy atom.